The molecule has 4 aliphatic heterocycles. The number of aliphatic hydroxyl groups excluding tert-OH is 2. The van der Waals surface area contributed by atoms with E-state index in [-0.39, 0.29) is 18.7 Å². The smallest absolute Gasteiger partial charge is 0.174 e. The molecule has 256 valence electrons. The maximum atomic E-state index is 11.2. The molecular formula is C41H46N2O6. The first-order valence-electron chi connectivity index (χ1n) is 17.6. The molecule has 6 bridgehead atoms. The average Bonchev–Trinajstić information content (AvgIpc) is 3.96. The third kappa shape index (κ3) is 5.95. The molecule has 4 aromatic rings. The van der Waals surface area contributed by atoms with Gasteiger partial charge in [0.05, 0.1) is 26.9 Å². The fourth-order valence-corrected chi connectivity index (χ4v) is 8.13. The summed E-state index contributed by atoms with van der Waals surface area (Å²) in [7, 11) is 7.67. The molecule has 0 aromatic heterocycles. The van der Waals surface area contributed by atoms with E-state index in [1.807, 2.05) is 12.1 Å². The van der Waals surface area contributed by atoms with Crippen LogP contribution in [0.15, 0.2) is 60.7 Å². The second-order valence-corrected chi connectivity index (χ2v) is 14.2. The molecule has 1 fully saturated rings. The standard InChI is InChI=1S/C41H46N2O6/c1-42-15-13-27-21-36(46-3)37-22-32(27)33(42)18-25-7-12-31(39(45)26-8-9-26)35(19-25)48-30-10-5-24(6-11-30)17-34-38-28(14-16-43(34)2)20-29(23-44)40(47-4)41(38)49-37/h5-7,10-12,19-22,26,33-34,39,44-45H,8-9,13-18,23H2,1-4H3/t33-,34+,39?/m1/s1. The Bertz CT molecular complexity index is 1870. The summed E-state index contributed by atoms with van der Waals surface area (Å²) in [6.07, 6.45) is 4.80. The van der Waals surface area contributed by atoms with Crippen molar-refractivity contribution in [1.29, 1.82) is 0 Å². The lowest BCUT2D eigenvalue weighted by molar-refractivity contribution is 0.151. The summed E-state index contributed by atoms with van der Waals surface area (Å²) in [6.45, 7) is 1.65. The van der Waals surface area contributed by atoms with E-state index in [0.717, 1.165) is 85.4 Å². The number of methoxy groups -OCH3 is 2. The predicted molar refractivity (Wildman–Crippen MR) is 188 cm³/mol. The van der Waals surface area contributed by atoms with Crippen molar-refractivity contribution >= 4 is 0 Å². The Morgan fingerprint density at radius 1 is 0.796 bits per heavy atom. The zero-order valence-electron chi connectivity index (χ0n) is 28.9. The lowest BCUT2D eigenvalue weighted by Crippen LogP contribution is -2.34. The molecule has 5 aliphatic rings. The molecule has 4 aromatic carbocycles. The average molecular weight is 663 g/mol. The fourth-order valence-electron chi connectivity index (χ4n) is 8.13. The Labute approximate surface area is 288 Å². The van der Waals surface area contributed by atoms with E-state index in [1.165, 1.54) is 16.7 Å². The van der Waals surface area contributed by atoms with E-state index in [9.17, 15) is 10.2 Å². The number of rotatable bonds is 5. The van der Waals surface area contributed by atoms with Crippen molar-refractivity contribution in [2.24, 2.45) is 5.92 Å². The van der Waals surface area contributed by atoms with Gasteiger partial charge in [-0.15, -0.1) is 0 Å². The molecule has 9 rings (SSSR count). The lowest BCUT2D eigenvalue weighted by Gasteiger charge is -2.37. The van der Waals surface area contributed by atoms with Gasteiger partial charge in [0.25, 0.3) is 0 Å². The molecule has 0 saturated heterocycles. The van der Waals surface area contributed by atoms with Crippen LogP contribution in [0.3, 0.4) is 0 Å². The number of fused-ring (bicyclic) bond motifs is 2. The molecule has 0 spiro atoms. The van der Waals surface area contributed by atoms with Gasteiger partial charge in [-0.1, -0.05) is 24.3 Å². The largest absolute Gasteiger partial charge is 0.493 e. The van der Waals surface area contributed by atoms with Crippen LogP contribution in [-0.4, -0.2) is 61.4 Å². The minimum Gasteiger partial charge on any atom is -0.493 e. The lowest BCUT2D eigenvalue weighted by atomic mass is 9.86. The minimum absolute atomic E-state index is 0.00511. The van der Waals surface area contributed by atoms with Crippen LogP contribution in [0.2, 0.25) is 0 Å². The van der Waals surface area contributed by atoms with Crippen LogP contribution in [0.25, 0.3) is 0 Å². The number of aliphatic hydroxyl groups is 2. The summed E-state index contributed by atoms with van der Waals surface area (Å²) in [5.41, 5.74) is 8.55. The fraction of sp³-hybridized carbons (Fsp3) is 0.415. The molecule has 1 saturated carbocycles. The summed E-state index contributed by atoms with van der Waals surface area (Å²) in [5.74, 6) is 4.25. The van der Waals surface area contributed by atoms with Gasteiger partial charge in [0, 0.05) is 41.9 Å². The van der Waals surface area contributed by atoms with Crippen LogP contribution in [-0.2, 0) is 32.3 Å². The van der Waals surface area contributed by atoms with Gasteiger partial charge in [-0.25, -0.2) is 0 Å². The third-order valence-electron chi connectivity index (χ3n) is 11.1. The SMILES string of the molecule is COc1cc2c3cc1Oc1c(OC)c(CO)cc4c1[C@H](Cc1ccc(cc1)Oc1cc(ccc1C(O)C1CC1)C[C@H]3N(C)CC2)N(C)CC4. The monoisotopic (exact) mass is 662 g/mol. The molecule has 49 heavy (non-hydrogen) atoms. The van der Waals surface area contributed by atoms with Gasteiger partial charge in [0.1, 0.15) is 11.5 Å². The van der Waals surface area contributed by atoms with Gasteiger partial charge in [0.15, 0.2) is 23.0 Å². The Hall–Kier alpha value is -4.08. The summed E-state index contributed by atoms with van der Waals surface area (Å²) in [5, 5.41) is 21.7. The summed E-state index contributed by atoms with van der Waals surface area (Å²) in [4.78, 5) is 4.78. The van der Waals surface area contributed by atoms with E-state index in [2.05, 4.69) is 72.4 Å². The first-order chi connectivity index (χ1) is 23.8. The highest BCUT2D eigenvalue weighted by atomic mass is 16.5. The summed E-state index contributed by atoms with van der Waals surface area (Å²) in [6, 6.07) is 21.1. The van der Waals surface area contributed by atoms with Crippen molar-refractivity contribution < 1.29 is 29.2 Å². The van der Waals surface area contributed by atoms with Crippen molar-refractivity contribution in [2.75, 3.05) is 41.4 Å². The van der Waals surface area contributed by atoms with E-state index in [0.29, 0.717) is 34.5 Å². The zero-order chi connectivity index (χ0) is 33.8. The Kier molecular flexibility index (Phi) is 8.52. The second-order valence-electron chi connectivity index (χ2n) is 14.2. The molecular weight excluding hydrogens is 616 g/mol. The zero-order valence-corrected chi connectivity index (χ0v) is 28.9. The van der Waals surface area contributed by atoms with Crippen LogP contribution in [0.1, 0.15) is 75.5 Å². The molecule has 4 heterocycles. The van der Waals surface area contributed by atoms with Crippen LogP contribution in [0, 0.1) is 5.92 Å². The van der Waals surface area contributed by atoms with Gasteiger partial charge in [-0.3, -0.25) is 9.80 Å². The Morgan fingerprint density at radius 2 is 1.51 bits per heavy atom. The van der Waals surface area contributed by atoms with Crippen LogP contribution < -0.4 is 18.9 Å². The quantitative estimate of drug-likeness (QED) is 0.235. The molecule has 3 atom stereocenters. The predicted octanol–water partition coefficient (Wildman–Crippen LogP) is 7.08. The highest BCUT2D eigenvalue weighted by molar-refractivity contribution is 5.61. The highest BCUT2D eigenvalue weighted by Gasteiger charge is 2.35. The highest BCUT2D eigenvalue weighted by Crippen LogP contribution is 2.50. The van der Waals surface area contributed by atoms with Crippen molar-refractivity contribution in [3.63, 3.8) is 0 Å². The number of likely N-dealkylation sites (N-methyl/N-ethyl adjacent to an activating group) is 2. The number of ether oxygens (including phenoxy) is 4. The normalized spacial score (nSPS) is 21.1. The topological polar surface area (TPSA) is 83.9 Å². The van der Waals surface area contributed by atoms with Gasteiger partial charge < -0.3 is 29.2 Å². The third-order valence-corrected chi connectivity index (χ3v) is 11.1. The molecule has 8 nitrogen and oxygen atoms in total. The summed E-state index contributed by atoms with van der Waals surface area (Å²) >= 11 is 0. The minimum atomic E-state index is -0.536. The van der Waals surface area contributed by atoms with E-state index < -0.39 is 6.10 Å². The number of benzene rings is 4. The van der Waals surface area contributed by atoms with Crippen LogP contribution in [0.4, 0.5) is 0 Å². The van der Waals surface area contributed by atoms with Gasteiger partial charge in [-0.2, -0.15) is 0 Å². The van der Waals surface area contributed by atoms with Gasteiger partial charge in [-0.05, 0) is 123 Å². The van der Waals surface area contributed by atoms with E-state index in [1.54, 1.807) is 14.2 Å². The van der Waals surface area contributed by atoms with Gasteiger partial charge in [0.2, 0.25) is 0 Å². The Balaban J connectivity index is 1.33. The van der Waals surface area contributed by atoms with Crippen LogP contribution >= 0.6 is 0 Å². The molecule has 8 heteroatoms. The number of nitrogens with zero attached hydrogens (tertiary/aromatic N) is 2. The molecule has 1 unspecified atom stereocenters. The Morgan fingerprint density at radius 3 is 2.22 bits per heavy atom. The first-order valence-corrected chi connectivity index (χ1v) is 17.6. The van der Waals surface area contributed by atoms with Crippen molar-refractivity contribution in [3.8, 4) is 34.5 Å². The molecule has 0 amide bonds. The maximum absolute atomic E-state index is 11.2. The maximum Gasteiger partial charge on any atom is 0.174 e. The van der Waals surface area contributed by atoms with Crippen molar-refractivity contribution in [2.45, 2.75) is 63.3 Å². The molecule has 1 aliphatic carbocycles. The number of hydrogen-bond donors (Lipinski definition) is 2. The summed E-state index contributed by atoms with van der Waals surface area (Å²) < 4.78 is 25.6. The van der Waals surface area contributed by atoms with Gasteiger partial charge >= 0.3 is 0 Å². The van der Waals surface area contributed by atoms with Crippen LogP contribution in [0.5, 0.6) is 34.5 Å². The first kappa shape index (κ1) is 32.1. The molecule has 2 N–H and O–H groups in total. The van der Waals surface area contributed by atoms with E-state index >= 15 is 0 Å². The second kappa shape index (κ2) is 13.0. The van der Waals surface area contributed by atoms with E-state index in [4.69, 9.17) is 18.9 Å². The van der Waals surface area contributed by atoms with Crippen molar-refractivity contribution in [3.05, 3.63) is 105 Å². The molecule has 0 radical (unpaired) electrons. The van der Waals surface area contributed by atoms with Crippen molar-refractivity contribution in [1.82, 2.24) is 9.80 Å². The number of hydrogen-bond acceptors (Lipinski definition) is 8.